The van der Waals surface area contributed by atoms with Crippen molar-refractivity contribution in [3.8, 4) is 0 Å². The van der Waals surface area contributed by atoms with Crippen LogP contribution in [-0.2, 0) is 4.79 Å². The summed E-state index contributed by atoms with van der Waals surface area (Å²) in [5, 5.41) is 0. The van der Waals surface area contributed by atoms with E-state index in [0.717, 1.165) is 30.5 Å². The molecule has 0 saturated heterocycles. The van der Waals surface area contributed by atoms with E-state index in [1.165, 1.54) is 0 Å². The first-order valence-electron chi connectivity index (χ1n) is 5.60. The van der Waals surface area contributed by atoms with Gasteiger partial charge in [0, 0.05) is 17.2 Å². The number of carbonyl (C=O) groups is 1. The minimum Gasteiger partial charge on any atom is -0.294 e. The topological polar surface area (TPSA) is 29.4 Å². The maximum Gasteiger partial charge on any atom is 0.167 e. The van der Waals surface area contributed by atoms with Crippen LogP contribution in [0.5, 0.6) is 0 Å². The van der Waals surface area contributed by atoms with E-state index < -0.39 is 0 Å². The third-order valence-corrected chi connectivity index (χ3v) is 2.80. The van der Waals surface area contributed by atoms with Crippen molar-refractivity contribution in [3.05, 3.63) is 23.8 Å². The van der Waals surface area contributed by atoms with Crippen LogP contribution in [0.25, 0.3) is 0 Å². The van der Waals surface area contributed by atoms with Crippen molar-refractivity contribution in [2.75, 3.05) is 0 Å². The molecule has 0 amide bonds. The third kappa shape index (κ3) is 2.44. The van der Waals surface area contributed by atoms with E-state index in [2.05, 4.69) is 17.1 Å². The summed E-state index contributed by atoms with van der Waals surface area (Å²) in [5.41, 5.74) is 1.97. The summed E-state index contributed by atoms with van der Waals surface area (Å²) in [6.07, 6.45) is 9.11. The van der Waals surface area contributed by atoms with E-state index in [1.807, 2.05) is 19.9 Å². The smallest absolute Gasteiger partial charge is 0.167 e. The molecule has 80 valence electrons. The van der Waals surface area contributed by atoms with Crippen molar-refractivity contribution in [1.29, 1.82) is 0 Å². The van der Waals surface area contributed by atoms with Gasteiger partial charge in [-0.3, -0.25) is 9.79 Å². The second-order valence-electron chi connectivity index (χ2n) is 4.49. The van der Waals surface area contributed by atoms with Crippen molar-refractivity contribution >= 4 is 11.5 Å². The highest BCUT2D eigenvalue weighted by Gasteiger charge is 2.43. The van der Waals surface area contributed by atoms with Crippen LogP contribution >= 0.6 is 0 Å². The van der Waals surface area contributed by atoms with Crippen molar-refractivity contribution in [3.63, 3.8) is 0 Å². The van der Waals surface area contributed by atoms with Crippen LogP contribution in [0.4, 0.5) is 0 Å². The molecule has 0 bridgehead atoms. The average molecular weight is 203 g/mol. The predicted molar refractivity (Wildman–Crippen MR) is 62.1 cm³/mol. The van der Waals surface area contributed by atoms with Gasteiger partial charge in [0.05, 0.1) is 6.04 Å². The molecule has 0 radical (unpaired) electrons. The first-order valence-corrected chi connectivity index (χ1v) is 5.60. The molecule has 2 atom stereocenters. The number of Topliss-reactive ketones (excluding diaryl/α,β-unsaturated/α-hetero) is 1. The monoisotopic (exact) mass is 203 g/mol. The van der Waals surface area contributed by atoms with Gasteiger partial charge in [0.1, 0.15) is 0 Å². The summed E-state index contributed by atoms with van der Waals surface area (Å²) < 4.78 is 0. The largest absolute Gasteiger partial charge is 0.294 e. The Kier molecular flexibility index (Phi) is 2.85. The molecule has 2 aliphatic rings. The normalized spacial score (nSPS) is 28.3. The van der Waals surface area contributed by atoms with E-state index in [-0.39, 0.29) is 12.0 Å². The summed E-state index contributed by atoms with van der Waals surface area (Å²) in [5.74, 6) is 0.454. The molecule has 1 saturated carbocycles. The number of carbonyl (C=O) groups excluding carboxylic acids is 1. The van der Waals surface area contributed by atoms with E-state index in [1.54, 1.807) is 0 Å². The molecule has 0 heterocycles. The molecule has 1 unspecified atom stereocenters. The van der Waals surface area contributed by atoms with Gasteiger partial charge < -0.3 is 0 Å². The van der Waals surface area contributed by atoms with Crippen LogP contribution < -0.4 is 0 Å². The number of hydrogen-bond acceptors (Lipinski definition) is 2. The molecular formula is C13H17NO. The fourth-order valence-electron chi connectivity index (χ4n) is 1.95. The molecule has 0 aromatic rings. The third-order valence-electron chi connectivity index (χ3n) is 2.80. The Morgan fingerprint density at radius 2 is 2.20 bits per heavy atom. The molecule has 2 nitrogen and oxygen atoms in total. The summed E-state index contributed by atoms with van der Waals surface area (Å²) in [6, 6.07) is 0.263. The fraction of sp³-hybridized carbons (Fsp3) is 0.538. The SMILES string of the molecule is CC(C)=N[C@@H]1CC1C(=O)C1=CCCC=C1. The van der Waals surface area contributed by atoms with Gasteiger partial charge >= 0.3 is 0 Å². The van der Waals surface area contributed by atoms with Crippen LogP contribution in [-0.4, -0.2) is 17.5 Å². The van der Waals surface area contributed by atoms with Gasteiger partial charge in [0.15, 0.2) is 5.78 Å². The van der Waals surface area contributed by atoms with E-state index in [0.29, 0.717) is 5.78 Å². The van der Waals surface area contributed by atoms with Crippen LogP contribution in [0, 0.1) is 5.92 Å². The second kappa shape index (κ2) is 4.13. The number of nitrogens with zero attached hydrogens (tertiary/aromatic N) is 1. The molecule has 0 aromatic heterocycles. The summed E-state index contributed by atoms with van der Waals surface area (Å²) in [4.78, 5) is 16.4. The van der Waals surface area contributed by atoms with E-state index in [4.69, 9.17) is 0 Å². The molecule has 0 N–H and O–H groups in total. The molecule has 15 heavy (non-hydrogen) atoms. The standard InChI is InChI=1S/C13H17NO/c1-9(2)14-12-8-11(12)13(15)10-6-4-3-5-7-10/h4,6-7,11-12H,3,5,8H2,1-2H3/t11?,12-/m1/s1. The summed E-state index contributed by atoms with van der Waals surface area (Å²) in [7, 11) is 0. The molecule has 0 aromatic carbocycles. The van der Waals surface area contributed by atoms with Crippen LogP contribution in [0.2, 0.25) is 0 Å². The Morgan fingerprint density at radius 1 is 1.40 bits per heavy atom. The zero-order valence-corrected chi connectivity index (χ0v) is 9.36. The summed E-state index contributed by atoms with van der Waals surface area (Å²) in [6.45, 7) is 3.97. The molecule has 2 aliphatic carbocycles. The Hall–Kier alpha value is -1.18. The van der Waals surface area contributed by atoms with Crippen molar-refractivity contribution in [2.24, 2.45) is 10.9 Å². The van der Waals surface area contributed by atoms with Gasteiger partial charge in [-0.25, -0.2) is 0 Å². The Bertz CT molecular complexity index is 359. The van der Waals surface area contributed by atoms with Gasteiger partial charge in [-0.1, -0.05) is 18.2 Å². The highest BCUT2D eigenvalue weighted by molar-refractivity contribution is 6.02. The number of allylic oxidation sites excluding steroid dienone is 4. The zero-order chi connectivity index (χ0) is 10.8. The van der Waals surface area contributed by atoms with Gasteiger partial charge in [-0.15, -0.1) is 0 Å². The van der Waals surface area contributed by atoms with Gasteiger partial charge in [-0.05, 0) is 33.1 Å². The van der Waals surface area contributed by atoms with Crippen molar-refractivity contribution in [1.82, 2.24) is 0 Å². The van der Waals surface area contributed by atoms with Gasteiger partial charge in [0.25, 0.3) is 0 Å². The quantitative estimate of drug-likeness (QED) is 0.648. The lowest BCUT2D eigenvalue weighted by molar-refractivity contribution is -0.116. The highest BCUT2D eigenvalue weighted by atomic mass is 16.1. The lowest BCUT2D eigenvalue weighted by Crippen LogP contribution is -2.07. The Balaban J connectivity index is 1.97. The highest BCUT2D eigenvalue weighted by Crippen LogP contribution is 2.37. The Labute approximate surface area is 90.8 Å². The van der Waals surface area contributed by atoms with Crippen LogP contribution in [0.1, 0.15) is 33.1 Å². The van der Waals surface area contributed by atoms with E-state index >= 15 is 0 Å². The van der Waals surface area contributed by atoms with Gasteiger partial charge in [0.2, 0.25) is 0 Å². The van der Waals surface area contributed by atoms with E-state index in [9.17, 15) is 4.79 Å². The minimum absolute atomic E-state index is 0.161. The number of aliphatic imine (C=N–C) groups is 1. The first kappa shape index (κ1) is 10.3. The van der Waals surface area contributed by atoms with Crippen molar-refractivity contribution in [2.45, 2.75) is 39.2 Å². The lowest BCUT2D eigenvalue weighted by Gasteiger charge is -2.04. The van der Waals surface area contributed by atoms with Crippen molar-refractivity contribution < 1.29 is 4.79 Å². The number of rotatable bonds is 3. The second-order valence-corrected chi connectivity index (χ2v) is 4.49. The van der Waals surface area contributed by atoms with Crippen LogP contribution in [0.3, 0.4) is 0 Å². The molecular weight excluding hydrogens is 186 g/mol. The zero-order valence-electron chi connectivity index (χ0n) is 9.36. The molecule has 2 rings (SSSR count). The first-order chi connectivity index (χ1) is 7.18. The maximum absolute atomic E-state index is 12.0. The molecule has 2 heteroatoms. The fourth-order valence-corrected chi connectivity index (χ4v) is 1.95. The lowest BCUT2D eigenvalue weighted by atomic mass is 10.0. The van der Waals surface area contributed by atoms with Crippen LogP contribution in [0.15, 0.2) is 28.8 Å². The minimum atomic E-state index is 0.161. The molecule has 0 spiro atoms. The molecule has 1 fully saturated rings. The maximum atomic E-state index is 12.0. The average Bonchev–Trinajstić information content (AvgIpc) is 2.96. The molecule has 0 aliphatic heterocycles. The Morgan fingerprint density at radius 3 is 2.80 bits per heavy atom. The predicted octanol–water partition coefficient (Wildman–Crippen LogP) is 2.70. The number of ketones is 1. The van der Waals surface area contributed by atoms with Gasteiger partial charge in [-0.2, -0.15) is 0 Å². The number of hydrogen-bond donors (Lipinski definition) is 0. The summed E-state index contributed by atoms with van der Waals surface area (Å²) >= 11 is 0.